The summed E-state index contributed by atoms with van der Waals surface area (Å²) >= 11 is 0. The minimum atomic E-state index is -0.805. The maximum absolute atomic E-state index is 13.0. The van der Waals surface area contributed by atoms with Gasteiger partial charge in [0.2, 0.25) is 0 Å². The molecule has 150 valence electrons. The molecule has 28 heavy (non-hydrogen) atoms. The Morgan fingerprint density at radius 1 is 1.18 bits per heavy atom. The highest BCUT2D eigenvalue weighted by Gasteiger charge is 2.08. The van der Waals surface area contributed by atoms with Crippen LogP contribution in [0.15, 0.2) is 53.5 Å². The van der Waals surface area contributed by atoms with Crippen LogP contribution >= 0.6 is 0 Å². The zero-order valence-corrected chi connectivity index (χ0v) is 16.2. The number of aliphatic hydroxyl groups is 1. The van der Waals surface area contributed by atoms with Crippen molar-refractivity contribution >= 4 is 11.9 Å². The molecule has 0 fully saturated rings. The van der Waals surface area contributed by atoms with Gasteiger partial charge in [0.25, 0.3) is 5.91 Å². The van der Waals surface area contributed by atoms with Crippen molar-refractivity contribution in [3.05, 3.63) is 71.0 Å². The molecule has 2 aromatic rings. The van der Waals surface area contributed by atoms with Gasteiger partial charge in [-0.2, -0.15) is 0 Å². The Labute approximate surface area is 164 Å². The number of carbonyl (C=O) groups excluding carboxylic acids is 1. The molecule has 0 saturated carbocycles. The van der Waals surface area contributed by atoms with E-state index in [4.69, 9.17) is 0 Å². The maximum atomic E-state index is 13.0. The van der Waals surface area contributed by atoms with E-state index in [1.807, 2.05) is 25.1 Å². The van der Waals surface area contributed by atoms with Crippen LogP contribution in [0.3, 0.4) is 0 Å². The quantitative estimate of drug-likeness (QED) is 0.413. The van der Waals surface area contributed by atoms with Crippen LogP contribution in [0.1, 0.15) is 34.5 Å². The third kappa shape index (κ3) is 6.66. The van der Waals surface area contributed by atoms with Crippen molar-refractivity contribution in [1.29, 1.82) is 0 Å². The van der Waals surface area contributed by atoms with Crippen molar-refractivity contribution in [2.45, 2.75) is 19.4 Å². The molecule has 1 atom stereocenters. The molecule has 0 spiro atoms. The third-order valence-corrected chi connectivity index (χ3v) is 4.14. The summed E-state index contributed by atoms with van der Waals surface area (Å²) in [5.74, 6) is 0.139. The smallest absolute Gasteiger partial charge is 0.251 e. The third-order valence-electron chi connectivity index (χ3n) is 4.14. The Kier molecular flexibility index (Phi) is 8.42. The van der Waals surface area contributed by atoms with E-state index in [1.54, 1.807) is 25.2 Å². The molecule has 0 aromatic heterocycles. The number of aliphatic hydroxyl groups excluding tert-OH is 1. The van der Waals surface area contributed by atoms with E-state index >= 15 is 0 Å². The fraction of sp³-hybridized carbons (Fsp3) is 0.333. The molecule has 2 rings (SSSR count). The number of amides is 1. The Hall–Kier alpha value is -2.93. The van der Waals surface area contributed by atoms with Crippen molar-refractivity contribution in [2.75, 3.05) is 26.7 Å². The first-order valence-corrected chi connectivity index (χ1v) is 9.30. The molecule has 0 radical (unpaired) electrons. The Morgan fingerprint density at radius 2 is 1.93 bits per heavy atom. The second kappa shape index (κ2) is 11.0. The number of rotatable bonds is 8. The number of nitrogens with zero attached hydrogens (tertiary/aromatic N) is 1. The summed E-state index contributed by atoms with van der Waals surface area (Å²) in [6.45, 7) is 3.42. The number of carbonyl (C=O) groups is 1. The van der Waals surface area contributed by atoms with Gasteiger partial charge in [0.05, 0.1) is 12.6 Å². The van der Waals surface area contributed by atoms with Gasteiger partial charge in [-0.05, 0) is 48.7 Å². The Morgan fingerprint density at radius 3 is 2.61 bits per heavy atom. The van der Waals surface area contributed by atoms with Crippen LogP contribution in [0, 0.1) is 5.82 Å². The number of aliphatic imine (C=N–C) groups is 1. The van der Waals surface area contributed by atoms with Crippen LogP contribution in [-0.4, -0.2) is 43.7 Å². The van der Waals surface area contributed by atoms with E-state index in [1.165, 1.54) is 12.1 Å². The first-order valence-electron chi connectivity index (χ1n) is 9.30. The van der Waals surface area contributed by atoms with Crippen LogP contribution in [0.5, 0.6) is 0 Å². The first kappa shape index (κ1) is 21.4. The van der Waals surface area contributed by atoms with Crippen LogP contribution in [0.2, 0.25) is 0 Å². The summed E-state index contributed by atoms with van der Waals surface area (Å²) < 4.78 is 13.0. The number of halogens is 1. The molecule has 6 nitrogen and oxygen atoms in total. The molecular weight excluding hydrogens is 359 g/mol. The lowest BCUT2D eigenvalue weighted by Crippen LogP contribution is -2.38. The molecule has 7 heteroatoms. The SMILES string of the molecule is CCNC(=NCC(O)c1ccc(F)cc1)NCCc1cccc(C(=O)NC)c1. The van der Waals surface area contributed by atoms with Crippen LogP contribution in [0.4, 0.5) is 4.39 Å². The Bertz CT molecular complexity index is 793. The molecule has 0 bridgehead atoms. The van der Waals surface area contributed by atoms with E-state index in [9.17, 15) is 14.3 Å². The van der Waals surface area contributed by atoms with Crippen molar-refractivity contribution < 1.29 is 14.3 Å². The lowest BCUT2D eigenvalue weighted by molar-refractivity contribution is 0.0963. The van der Waals surface area contributed by atoms with Gasteiger partial charge in [-0.15, -0.1) is 0 Å². The molecule has 0 saturated heterocycles. The number of guanidine groups is 1. The van der Waals surface area contributed by atoms with E-state index in [2.05, 4.69) is 20.9 Å². The topological polar surface area (TPSA) is 85.8 Å². The summed E-state index contributed by atoms with van der Waals surface area (Å²) in [4.78, 5) is 16.1. The average molecular weight is 386 g/mol. The highest BCUT2D eigenvalue weighted by atomic mass is 19.1. The summed E-state index contributed by atoms with van der Waals surface area (Å²) in [7, 11) is 1.61. The van der Waals surface area contributed by atoms with E-state index in [0.717, 1.165) is 12.0 Å². The van der Waals surface area contributed by atoms with Crippen LogP contribution in [-0.2, 0) is 6.42 Å². The van der Waals surface area contributed by atoms with E-state index in [0.29, 0.717) is 30.2 Å². The zero-order chi connectivity index (χ0) is 20.4. The van der Waals surface area contributed by atoms with Crippen molar-refractivity contribution in [2.24, 2.45) is 4.99 Å². The van der Waals surface area contributed by atoms with Gasteiger partial charge in [0.15, 0.2) is 5.96 Å². The van der Waals surface area contributed by atoms with Gasteiger partial charge < -0.3 is 21.1 Å². The normalized spacial score (nSPS) is 12.4. The predicted octanol–water partition coefficient (Wildman–Crippen LogP) is 2.02. The van der Waals surface area contributed by atoms with Gasteiger partial charge in [-0.25, -0.2) is 4.39 Å². The van der Waals surface area contributed by atoms with Gasteiger partial charge in [-0.3, -0.25) is 9.79 Å². The first-order chi connectivity index (χ1) is 13.5. The molecular formula is C21H27FN4O2. The van der Waals surface area contributed by atoms with Crippen molar-refractivity contribution in [1.82, 2.24) is 16.0 Å². The summed E-state index contributed by atoms with van der Waals surface area (Å²) in [6, 6.07) is 13.2. The maximum Gasteiger partial charge on any atom is 0.251 e. The molecule has 0 aliphatic rings. The van der Waals surface area contributed by atoms with Crippen molar-refractivity contribution in [3.8, 4) is 0 Å². The second-order valence-electron chi connectivity index (χ2n) is 6.24. The monoisotopic (exact) mass is 386 g/mol. The molecule has 2 aromatic carbocycles. The zero-order valence-electron chi connectivity index (χ0n) is 16.2. The largest absolute Gasteiger partial charge is 0.386 e. The highest BCUT2D eigenvalue weighted by molar-refractivity contribution is 5.94. The molecule has 1 amide bonds. The van der Waals surface area contributed by atoms with Gasteiger partial charge in [-0.1, -0.05) is 24.3 Å². The number of hydrogen-bond acceptors (Lipinski definition) is 3. The average Bonchev–Trinajstić information content (AvgIpc) is 2.72. The van der Waals surface area contributed by atoms with Crippen molar-refractivity contribution in [3.63, 3.8) is 0 Å². The molecule has 0 aliphatic heterocycles. The molecule has 0 aliphatic carbocycles. The Balaban J connectivity index is 1.90. The molecule has 1 unspecified atom stereocenters. The second-order valence-corrected chi connectivity index (χ2v) is 6.24. The fourth-order valence-corrected chi connectivity index (χ4v) is 2.65. The van der Waals surface area contributed by atoms with E-state index in [-0.39, 0.29) is 18.3 Å². The lowest BCUT2D eigenvalue weighted by atomic mass is 10.1. The predicted molar refractivity (Wildman–Crippen MR) is 109 cm³/mol. The van der Waals surface area contributed by atoms with Crippen LogP contribution < -0.4 is 16.0 Å². The summed E-state index contributed by atoms with van der Waals surface area (Å²) in [5, 5.41) is 19.2. The minimum Gasteiger partial charge on any atom is -0.386 e. The number of benzene rings is 2. The molecule has 0 heterocycles. The molecule has 4 N–H and O–H groups in total. The minimum absolute atomic E-state index is 0.112. The number of hydrogen-bond donors (Lipinski definition) is 4. The van der Waals surface area contributed by atoms with Gasteiger partial charge in [0, 0.05) is 25.7 Å². The van der Waals surface area contributed by atoms with Gasteiger partial charge in [0.1, 0.15) is 5.82 Å². The van der Waals surface area contributed by atoms with Crippen LogP contribution in [0.25, 0.3) is 0 Å². The summed E-state index contributed by atoms with van der Waals surface area (Å²) in [5.41, 5.74) is 2.28. The van der Waals surface area contributed by atoms with E-state index < -0.39 is 6.10 Å². The summed E-state index contributed by atoms with van der Waals surface area (Å²) in [6.07, 6.45) is -0.0873. The fourth-order valence-electron chi connectivity index (χ4n) is 2.65. The lowest BCUT2D eigenvalue weighted by Gasteiger charge is -2.13. The number of nitrogens with one attached hydrogen (secondary N) is 3. The van der Waals surface area contributed by atoms with Gasteiger partial charge >= 0.3 is 0 Å². The standard InChI is InChI=1S/C21H27FN4O2/c1-3-24-21(26-14-19(27)16-7-9-18(22)10-8-16)25-12-11-15-5-4-6-17(13-15)20(28)23-2/h4-10,13,19,27H,3,11-12,14H2,1-2H3,(H,23,28)(H2,24,25,26). The highest BCUT2D eigenvalue weighted by Crippen LogP contribution is 2.13.